The molecule has 208 valence electrons. The number of nitrogens with zero attached hydrogens (tertiary/aromatic N) is 2. The number of amides is 2. The number of hydrogen-bond acceptors (Lipinski definition) is 4. The van der Waals surface area contributed by atoms with Crippen LogP contribution in [0.2, 0.25) is 0 Å². The molecule has 0 saturated heterocycles. The maximum Gasteiger partial charge on any atom is 0.264 e. The van der Waals surface area contributed by atoms with Crippen molar-refractivity contribution in [3.05, 3.63) is 92.9 Å². The molecule has 0 bridgehead atoms. The number of carbonyl (C=O) groups is 2. The Hall–Kier alpha value is -2.69. The Morgan fingerprint density at radius 1 is 0.846 bits per heavy atom. The van der Waals surface area contributed by atoms with Crippen molar-refractivity contribution in [2.45, 2.75) is 45.2 Å². The van der Waals surface area contributed by atoms with Crippen LogP contribution >= 0.6 is 31.9 Å². The highest BCUT2D eigenvalue weighted by atomic mass is 79.9. The first-order valence-corrected chi connectivity index (χ1v) is 15.6. The van der Waals surface area contributed by atoms with Gasteiger partial charge in [0.05, 0.1) is 10.6 Å². The Labute approximate surface area is 247 Å². The van der Waals surface area contributed by atoms with Gasteiger partial charge in [-0.3, -0.25) is 13.9 Å². The van der Waals surface area contributed by atoms with Gasteiger partial charge < -0.3 is 10.2 Å². The molecular formula is C29H33Br2N3O4S. The van der Waals surface area contributed by atoms with E-state index in [0.29, 0.717) is 12.2 Å². The number of aryl methyl sites for hydroxylation is 1. The molecule has 0 spiro atoms. The van der Waals surface area contributed by atoms with Gasteiger partial charge in [0.25, 0.3) is 10.0 Å². The number of nitrogens with one attached hydrogen (secondary N) is 1. The van der Waals surface area contributed by atoms with Crippen LogP contribution in [0.5, 0.6) is 0 Å². The summed E-state index contributed by atoms with van der Waals surface area (Å²) < 4.78 is 30.4. The highest BCUT2D eigenvalue weighted by Crippen LogP contribution is 2.26. The summed E-state index contributed by atoms with van der Waals surface area (Å²) in [5.74, 6) is -0.557. The van der Waals surface area contributed by atoms with E-state index in [1.165, 1.54) is 17.0 Å². The minimum absolute atomic E-state index is 0.0750. The molecule has 0 aliphatic heterocycles. The summed E-state index contributed by atoms with van der Waals surface area (Å²) in [5.41, 5.74) is 2.07. The average molecular weight is 679 g/mol. The largest absolute Gasteiger partial charge is 0.354 e. The molecule has 2 amide bonds. The van der Waals surface area contributed by atoms with Crippen LogP contribution < -0.4 is 9.62 Å². The summed E-state index contributed by atoms with van der Waals surface area (Å²) >= 11 is 6.80. The van der Waals surface area contributed by atoms with E-state index in [1.54, 1.807) is 43.3 Å². The van der Waals surface area contributed by atoms with Crippen molar-refractivity contribution in [2.75, 3.05) is 17.4 Å². The molecule has 3 rings (SSSR count). The molecule has 3 aromatic carbocycles. The molecule has 7 nitrogen and oxygen atoms in total. The van der Waals surface area contributed by atoms with Gasteiger partial charge in [0, 0.05) is 22.0 Å². The fraction of sp³-hybridized carbons (Fsp3) is 0.310. The van der Waals surface area contributed by atoms with Gasteiger partial charge in [-0.25, -0.2) is 8.42 Å². The summed E-state index contributed by atoms with van der Waals surface area (Å²) in [6.45, 7) is 7.64. The van der Waals surface area contributed by atoms with Gasteiger partial charge in [0.1, 0.15) is 12.6 Å². The minimum Gasteiger partial charge on any atom is -0.354 e. The van der Waals surface area contributed by atoms with Crippen molar-refractivity contribution in [2.24, 2.45) is 5.92 Å². The first kappa shape index (κ1) is 30.8. The van der Waals surface area contributed by atoms with Gasteiger partial charge in [-0.1, -0.05) is 75.5 Å². The molecule has 0 unspecified atom stereocenters. The highest BCUT2D eigenvalue weighted by molar-refractivity contribution is 9.10. The first-order valence-electron chi connectivity index (χ1n) is 12.5. The smallest absolute Gasteiger partial charge is 0.264 e. The molecule has 1 N–H and O–H groups in total. The summed E-state index contributed by atoms with van der Waals surface area (Å²) in [6.07, 6.45) is 0. The molecule has 0 radical (unpaired) electrons. The Bertz CT molecular complexity index is 1380. The predicted octanol–water partition coefficient (Wildman–Crippen LogP) is 5.90. The summed E-state index contributed by atoms with van der Waals surface area (Å²) in [6, 6.07) is 19.8. The Morgan fingerprint density at radius 2 is 1.38 bits per heavy atom. The van der Waals surface area contributed by atoms with Crippen molar-refractivity contribution in [3.63, 3.8) is 0 Å². The fourth-order valence-corrected chi connectivity index (χ4v) is 5.74. The second kappa shape index (κ2) is 13.6. The molecule has 1 atom stereocenters. The number of anilines is 1. The second-order valence-corrected chi connectivity index (χ2v) is 13.5. The zero-order valence-electron chi connectivity index (χ0n) is 22.4. The molecular weight excluding hydrogens is 646 g/mol. The number of halogens is 2. The normalized spacial score (nSPS) is 12.2. The molecule has 0 saturated carbocycles. The van der Waals surface area contributed by atoms with Crippen LogP contribution in [0, 0.1) is 12.8 Å². The van der Waals surface area contributed by atoms with E-state index in [-0.39, 0.29) is 23.3 Å². The average Bonchev–Trinajstić information content (AvgIpc) is 2.90. The minimum atomic E-state index is -4.09. The number of carbonyl (C=O) groups excluding carboxylic acids is 2. The zero-order chi connectivity index (χ0) is 28.7. The number of hydrogen-bond donors (Lipinski definition) is 1. The Morgan fingerprint density at radius 3 is 1.92 bits per heavy atom. The third kappa shape index (κ3) is 8.40. The summed E-state index contributed by atoms with van der Waals surface area (Å²) in [5, 5.41) is 2.89. The van der Waals surface area contributed by atoms with Crippen LogP contribution in [0.15, 0.2) is 86.6 Å². The lowest BCUT2D eigenvalue weighted by atomic mass is 10.1. The molecule has 0 aromatic heterocycles. The quantitative estimate of drug-likeness (QED) is 0.274. The maximum absolute atomic E-state index is 13.9. The molecule has 0 aliphatic rings. The van der Waals surface area contributed by atoms with Crippen molar-refractivity contribution in [1.29, 1.82) is 0 Å². The zero-order valence-corrected chi connectivity index (χ0v) is 26.4. The van der Waals surface area contributed by atoms with Crippen molar-refractivity contribution in [1.82, 2.24) is 10.2 Å². The standard InChI is InChI=1S/C29H33Br2N3O4S/c1-20(2)17-32-29(36)22(4)33(18-23-7-9-24(30)10-8-23)28(35)19-34(26-13-11-25(31)12-14-26)39(37,38)27-15-5-21(3)6-16-27/h5-16,20,22H,17-19H2,1-4H3,(H,32,36)/t22-/m0/s1. The van der Waals surface area contributed by atoms with E-state index in [1.807, 2.05) is 45.0 Å². The van der Waals surface area contributed by atoms with Crippen LogP contribution in [0.3, 0.4) is 0 Å². The number of sulfonamides is 1. The molecule has 3 aromatic rings. The van der Waals surface area contributed by atoms with E-state index in [4.69, 9.17) is 0 Å². The molecule has 0 aliphatic carbocycles. The SMILES string of the molecule is Cc1ccc(S(=O)(=O)N(CC(=O)N(Cc2ccc(Br)cc2)[C@@H](C)C(=O)NCC(C)C)c2ccc(Br)cc2)cc1. The molecule has 10 heteroatoms. The van der Waals surface area contributed by atoms with Crippen molar-refractivity contribution in [3.8, 4) is 0 Å². The van der Waals surface area contributed by atoms with Gasteiger partial charge in [0.15, 0.2) is 0 Å². The van der Waals surface area contributed by atoms with Gasteiger partial charge in [-0.05, 0) is 73.9 Å². The fourth-order valence-electron chi connectivity index (χ4n) is 3.80. The van der Waals surface area contributed by atoms with Crippen LogP contribution in [-0.4, -0.2) is 44.3 Å². The van der Waals surface area contributed by atoms with Gasteiger partial charge in [0.2, 0.25) is 11.8 Å². The maximum atomic E-state index is 13.9. The monoisotopic (exact) mass is 677 g/mol. The van der Waals surface area contributed by atoms with E-state index >= 15 is 0 Å². The summed E-state index contributed by atoms with van der Waals surface area (Å²) in [4.78, 5) is 28.4. The molecule has 39 heavy (non-hydrogen) atoms. The third-order valence-electron chi connectivity index (χ3n) is 6.12. The van der Waals surface area contributed by atoms with Gasteiger partial charge in [-0.15, -0.1) is 0 Å². The van der Waals surface area contributed by atoms with E-state index in [9.17, 15) is 18.0 Å². The van der Waals surface area contributed by atoms with E-state index in [2.05, 4.69) is 37.2 Å². The van der Waals surface area contributed by atoms with Crippen LogP contribution in [0.1, 0.15) is 31.9 Å². The lowest BCUT2D eigenvalue weighted by Gasteiger charge is -2.32. The number of rotatable bonds is 11. The van der Waals surface area contributed by atoms with E-state index in [0.717, 1.165) is 24.4 Å². The second-order valence-electron chi connectivity index (χ2n) is 9.76. The number of benzene rings is 3. The lowest BCUT2D eigenvalue weighted by Crippen LogP contribution is -2.51. The lowest BCUT2D eigenvalue weighted by molar-refractivity contribution is -0.139. The highest BCUT2D eigenvalue weighted by Gasteiger charge is 2.32. The summed E-state index contributed by atoms with van der Waals surface area (Å²) in [7, 11) is -4.09. The Kier molecular flexibility index (Phi) is 10.7. The van der Waals surface area contributed by atoms with Gasteiger partial charge in [-0.2, -0.15) is 0 Å². The third-order valence-corrected chi connectivity index (χ3v) is 8.97. The van der Waals surface area contributed by atoms with E-state index < -0.39 is 28.5 Å². The van der Waals surface area contributed by atoms with Crippen molar-refractivity contribution < 1.29 is 18.0 Å². The van der Waals surface area contributed by atoms with Crippen LogP contribution in [-0.2, 0) is 26.2 Å². The molecule has 0 fully saturated rings. The topological polar surface area (TPSA) is 86.8 Å². The van der Waals surface area contributed by atoms with Crippen LogP contribution in [0.4, 0.5) is 5.69 Å². The van der Waals surface area contributed by atoms with Crippen molar-refractivity contribution >= 4 is 59.4 Å². The Balaban J connectivity index is 2.00. The van der Waals surface area contributed by atoms with Gasteiger partial charge >= 0.3 is 0 Å². The predicted molar refractivity (Wildman–Crippen MR) is 162 cm³/mol. The molecule has 0 heterocycles. The first-order chi connectivity index (χ1) is 18.4. The van der Waals surface area contributed by atoms with Crippen LogP contribution in [0.25, 0.3) is 0 Å².